The minimum Gasteiger partial charge on any atom is -0.373 e. The fraction of sp³-hybridized carbons (Fsp3) is 0.647. The number of hydrogen-bond donors (Lipinski definition) is 1. The second kappa shape index (κ2) is 6.93. The maximum absolute atomic E-state index is 12.5. The number of carbonyl (C=O) groups is 1. The Kier molecular flexibility index (Phi) is 4.60. The molecule has 10 nitrogen and oxygen atoms in total. The third-order valence-electron chi connectivity index (χ3n) is 5.37. The van der Waals surface area contributed by atoms with Crippen molar-refractivity contribution in [2.75, 3.05) is 13.2 Å². The molecule has 1 amide bonds. The zero-order valence-electron chi connectivity index (χ0n) is 15.4. The molecule has 2 aliphatic rings. The fourth-order valence-electron chi connectivity index (χ4n) is 3.94. The van der Waals surface area contributed by atoms with E-state index in [1.54, 1.807) is 7.05 Å². The number of imidazole rings is 1. The normalized spacial score (nSPS) is 25.3. The third kappa shape index (κ3) is 3.19. The quantitative estimate of drug-likeness (QED) is 0.726. The van der Waals surface area contributed by atoms with E-state index in [9.17, 15) is 14.4 Å². The van der Waals surface area contributed by atoms with Gasteiger partial charge >= 0.3 is 5.69 Å². The van der Waals surface area contributed by atoms with Crippen molar-refractivity contribution >= 4 is 17.1 Å². The Bertz CT molecular complexity index is 990. The van der Waals surface area contributed by atoms with Gasteiger partial charge in [-0.25, -0.2) is 9.78 Å². The fourth-order valence-corrected chi connectivity index (χ4v) is 3.94. The highest BCUT2D eigenvalue weighted by Crippen LogP contribution is 2.26. The lowest BCUT2D eigenvalue weighted by Crippen LogP contribution is -2.49. The minimum atomic E-state index is -0.466. The third-order valence-corrected chi connectivity index (χ3v) is 5.37. The molecule has 10 heteroatoms. The van der Waals surface area contributed by atoms with Gasteiger partial charge in [-0.05, 0) is 19.3 Å². The summed E-state index contributed by atoms with van der Waals surface area (Å²) in [6.45, 7) is 1.18. The van der Waals surface area contributed by atoms with Crippen LogP contribution in [0.5, 0.6) is 0 Å². The largest absolute Gasteiger partial charge is 0.373 e. The number of ether oxygens (including phenoxy) is 2. The lowest BCUT2D eigenvalue weighted by molar-refractivity contribution is -0.158. The van der Waals surface area contributed by atoms with E-state index in [4.69, 9.17) is 9.47 Å². The van der Waals surface area contributed by atoms with E-state index in [0.717, 1.165) is 23.8 Å². The van der Waals surface area contributed by atoms with Crippen LogP contribution in [-0.4, -0.2) is 56.1 Å². The van der Waals surface area contributed by atoms with E-state index in [1.165, 1.54) is 22.5 Å². The van der Waals surface area contributed by atoms with Gasteiger partial charge in [0.05, 0.1) is 31.7 Å². The molecule has 2 aromatic rings. The molecule has 0 aromatic carbocycles. The molecule has 0 spiro atoms. The summed E-state index contributed by atoms with van der Waals surface area (Å²) in [6.07, 6.45) is 3.96. The first kappa shape index (κ1) is 17.9. The molecule has 0 bridgehead atoms. The van der Waals surface area contributed by atoms with Gasteiger partial charge in [-0.1, -0.05) is 0 Å². The van der Waals surface area contributed by atoms with Gasteiger partial charge in [0.15, 0.2) is 11.2 Å². The van der Waals surface area contributed by atoms with Crippen molar-refractivity contribution in [2.24, 2.45) is 14.1 Å². The number of aryl methyl sites for hydroxylation is 1. The lowest BCUT2D eigenvalue weighted by atomic mass is 9.89. The molecule has 3 unspecified atom stereocenters. The summed E-state index contributed by atoms with van der Waals surface area (Å²) in [5.41, 5.74) is -0.410. The maximum Gasteiger partial charge on any atom is 0.332 e. The van der Waals surface area contributed by atoms with Gasteiger partial charge in [-0.3, -0.25) is 18.7 Å². The Hall–Kier alpha value is -2.46. The number of rotatable bonds is 3. The topological polar surface area (TPSA) is 109 Å². The van der Waals surface area contributed by atoms with E-state index in [2.05, 4.69) is 10.3 Å². The molecule has 1 N–H and O–H groups in total. The van der Waals surface area contributed by atoms with E-state index in [0.29, 0.717) is 13.2 Å². The summed E-state index contributed by atoms with van der Waals surface area (Å²) in [5, 5.41) is 3.01. The van der Waals surface area contributed by atoms with Crippen LogP contribution in [0.25, 0.3) is 11.2 Å². The summed E-state index contributed by atoms with van der Waals surface area (Å²) in [5.74, 6) is -0.203. The predicted molar refractivity (Wildman–Crippen MR) is 95.5 cm³/mol. The Balaban J connectivity index is 1.49. The molecule has 0 radical (unpaired) electrons. The van der Waals surface area contributed by atoms with Crippen molar-refractivity contribution in [3.8, 4) is 0 Å². The number of hydrogen-bond acceptors (Lipinski definition) is 6. The van der Waals surface area contributed by atoms with E-state index in [1.807, 2.05) is 0 Å². The Labute approximate surface area is 154 Å². The second-order valence-corrected chi connectivity index (χ2v) is 7.15. The highest BCUT2D eigenvalue weighted by Gasteiger charge is 2.34. The van der Waals surface area contributed by atoms with E-state index >= 15 is 0 Å². The van der Waals surface area contributed by atoms with Crippen molar-refractivity contribution < 1.29 is 14.3 Å². The zero-order chi connectivity index (χ0) is 19.1. The van der Waals surface area contributed by atoms with Gasteiger partial charge in [-0.2, -0.15) is 0 Å². The van der Waals surface area contributed by atoms with Crippen molar-refractivity contribution in [3.63, 3.8) is 0 Å². The number of carbonyl (C=O) groups excluding carboxylic acids is 1. The molecule has 4 rings (SSSR count). The lowest BCUT2D eigenvalue weighted by Gasteiger charge is -2.39. The maximum atomic E-state index is 12.5. The summed E-state index contributed by atoms with van der Waals surface area (Å²) < 4.78 is 15.2. The van der Waals surface area contributed by atoms with Crippen LogP contribution >= 0.6 is 0 Å². The highest BCUT2D eigenvalue weighted by molar-refractivity contribution is 5.79. The molecule has 2 fully saturated rings. The van der Waals surface area contributed by atoms with Crippen molar-refractivity contribution in [1.82, 2.24) is 24.0 Å². The van der Waals surface area contributed by atoms with Crippen LogP contribution in [0.1, 0.15) is 19.3 Å². The SMILES string of the molecule is Cn1c(=O)c2c(ncn2CC(=O)NC2CCC3OCCOC3C2)n(C)c1=O. The van der Waals surface area contributed by atoms with Gasteiger partial charge in [0.2, 0.25) is 5.91 Å². The number of nitrogens with zero attached hydrogens (tertiary/aromatic N) is 4. The average molecular weight is 377 g/mol. The second-order valence-electron chi connectivity index (χ2n) is 7.15. The van der Waals surface area contributed by atoms with E-state index in [-0.39, 0.29) is 41.9 Å². The molecule has 3 heterocycles. The molecular weight excluding hydrogens is 354 g/mol. The standard InChI is InChI=1S/C17H23N5O5/c1-20-15-14(16(24)21(2)17(20)25)22(9-18-15)8-13(23)19-10-3-4-11-12(7-10)27-6-5-26-11/h9-12H,3-8H2,1-2H3,(H,19,23). The number of aromatic nitrogens is 4. The molecule has 3 atom stereocenters. The van der Waals surface area contributed by atoms with Crippen LogP contribution < -0.4 is 16.6 Å². The first-order valence-electron chi connectivity index (χ1n) is 9.09. The van der Waals surface area contributed by atoms with Gasteiger partial charge in [0.1, 0.15) is 6.54 Å². The number of fused-ring (bicyclic) bond motifs is 2. The Morgan fingerprint density at radius 3 is 2.70 bits per heavy atom. The molecular formula is C17H23N5O5. The number of amides is 1. The molecule has 1 saturated heterocycles. The summed E-state index contributed by atoms with van der Waals surface area (Å²) in [4.78, 5) is 41.1. The predicted octanol–water partition coefficient (Wildman–Crippen LogP) is -1.11. The number of nitrogens with one attached hydrogen (secondary N) is 1. The van der Waals surface area contributed by atoms with Gasteiger partial charge in [0.25, 0.3) is 5.56 Å². The van der Waals surface area contributed by atoms with Gasteiger partial charge < -0.3 is 19.4 Å². The van der Waals surface area contributed by atoms with Crippen LogP contribution in [0.15, 0.2) is 15.9 Å². The van der Waals surface area contributed by atoms with Crippen LogP contribution in [0, 0.1) is 0 Å². The summed E-state index contributed by atoms with van der Waals surface area (Å²) >= 11 is 0. The van der Waals surface area contributed by atoms with Crippen LogP contribution in [0.4, 0.5) is 0 Å². The van der Waals surface area contributed by atoms with Crippen molar-refractivity contribution in [2.45, 2.75) is 44.1 Å². The smallest absolute Gasteiger partial charge is 0.332 e. The molecule has 2 aromatic heterocycles. The van der Waals surface area contributed by atoms with Crippen LogP contribution in [-0.2, 0) is 34.9 Å². The van der Waals surface area contributed by atoms with Gasteiger partial charge in [-0.15, -0.1) is 0 Å². The molecule has 1 saturated carbocycles. The first-order chi connectivity index (χ1) is 13.0. The Morgan fingerprint density at radius 2 is 1.93 bits per heavy atom. The monoisotopic (exact) mass is 377 g/mol. The average Bonchev–Trinajstić information content (AvgIpc) is 3.08. The highest BCUT2D eigenvalue weighted by atomic mass is 16.6. The van der Waals surface area contributed by atoms with Crippen LogP contribution in [0.3, 0.4) is 0 Å². The van der Waals surface area contributed by atoms with E-state index < -0.39 is 11.2 Å². The minimum absolute atomic E-state index is 0.0161. The van der Waals surface area contributed by atoms with Crippen LogP contribution in [0.2, 0.25) is 0 Å². The molecule has 1 aliphatic heterocycles. The molecule has 27 heavy (non-hydrogen) atoms. The van der Waals surface area contributed by atoms with Gasteiger partial charge in [0, 0.05) is 20.1 Å². The Morgan fingerprint density at radius 1 is 1.19 bits per heavy atom. The molecule has 1 aliphatic carbocycles. The van der Waals surface area contributed by atoms with Crippen molar-refractivity contribution in [1.29, 1.82) is 0 Å². The summed E-state index contributed by atoms with van der Waals surface area (Å²) in [7, 11) is 2.96. The first-order valence-corrected chi connectivity index (χ1v) is 9.09. The summed E-state index contributed by atoms with van der Waals surface area (Å²) in [6, 6.07) is 0.0161. The molecule has 146 valence electrons. The zero-order valence-corrected chi connectivity index (χ0v) is 15.4. The van der Waals surface area contributed by atoms with Crippen molar-refractivity contribution in [3.05, 3.63) is 27.2 Å².